The first-order chi connectivity index (χ1) is 10.8. The number of para-hydroxylation sites is 2. The van der Waals surface area contributed by atoms with Crippen molar-refractivity contribution in [1.29, 1.82) is 5.26 Å². The summed E-state index contributed by atoms with van der Waals surface area (Å²) in [5, 5.41) is 9.95. The molecule has 22 heavy (non-hydrogen) atoms. The maximum atomic E-state index is 12.3. The van der Waals surface area contributed by atoms with Gasteiger partial charge in [0.25, 0.3) is 0 Å². The lowest BCUT2D eigenvalue weighted by Gasteiger charge is -2.07. The fourth-order valence-corrected chi connectivity index (χ4v) is 2.99. The van der Waals surface area contributed by atoms with Crippen LogP contribution in [0, 0.1) is 11.3 Å². The van der Waals surface area contributed by atoms with E-state index in [4.69, 9.17) is 0 Å². The van der Waals surface area contributed by atoms with Crippen molar-refractivity contribution in [1.82, 2.24) is 9.97 Å². The molecule has 0 amide bonds. The molecule has 3 rings (SSSR count). The molecule has 0 aliphatic heterocycles. The minimum Gasteiger partial charge on any atom is -0.333 e. The molecule has 108 valence electrons. The van der Waals surface area contributed by atoms with Gasteiger partial charge >= 0.3 is 0 Å². The summed E-state index contributed by atoms with van der Waals surface area (Å²) in [6.07, 6.45) is 0. The minimum atomic E-state index is -0.724. The zero-order valence-electron chi connectivity index (χ0n) is 11.7. The van der Waals surface area contributed by atoms with E-state index in [2.05, 4.69) is 16.0 Å². The number of thioether (sulfide) groups is 1. The Morgan fingerprint density at radius 2 is 1.91 bits per heavy atom. The number of benzene rings is 2. The Kier molecular flexibility index (Phi) is 4.22. The summed E-state index contributed by atoms with van der Waals surface area (Å²) in [5.74, 6) is -0.621. The lowest BCUT2D eigenvalue weighted by atomic mass is 9.97. The average Bonchev–Trinajstić information content (AvgIpc) is 2.97. The molecule has 0 spiro atoms. The number of aromatic nitrogens is 2. The number of H-pyrrole nitrogens is 1. The molecule has 0 saturated carbocycles. The van der Waals surface area contributed by atoms with E-state index in [1.807, 2.05) is 42.5 Å². The van der Waals surface area contributed by atoms with E-state index in [1.54, 1.807) is 12.1 Å². The van der Waals surface area contributed by atoms with Gasteiger partial charge in [0.15, 0.2) is 10.9 Å². The van der Waals surface area contributed by atoms with E-state index >= 15 is 0 Å². The lowest BCUT2D eigenvalue weighted by molar-refractivity contribution is -0.116. The number of ketones is 1. The van der Waals surface area contributed by atoms with Gasteiger partial charge in [-0.15, -0.1) is 0 Å². The Morgan fingerprint density at radius 3 is 2.64 bits per heavy atom. The summed E-state index contributed by atoms with van der Waals surface area (Å²) in [5.41, 5.74) is 2.55. The van der Waals surface area contributed by atoms with Gasteiger partial charge in [0.2, 0.25) is 0 Å². The van der Waals surface area contributed by atoms with E-state index in [9.17, 15) is 10.1 Å². The molecule has 1 unspecified atom stereocenters. The highest BCUT2D eigenvalue weighted by Crippen LogP contribution is 2.23. The van der Waals surface area contributed by atoms with Crippen molar-refractivity contribution >= 4 is 28.6 Å². The van der Waals surface area contributed by atoms with Crippen molar-refractivity contribution < 1.29 is 4.79 Å². The second kappa shape index (κ2) is 6.46. The summed E-state index contributed by atoms with van der Waals surface area (Å²) in [4.78, 5) is 19.9. The van der Waals surface area contributed by atoms with Crippen LogP contribution in [0.15, 0.2) is 59.8 Å². The number of rotatable bonds is 5. The first-order valence-electron chi connectivity index (χ1n) is 6.83. The second-order valence-electron chi connectivity index (χ2n) is 4.79. The summed E-state index contributed by atoms with van der Waals surface area (Å²) >= 11 is 1.33. The second-order valence-corrected chi connectivity index (χ2v) is 5.75. The van der Waals surface area contributed by atoms with Crippen molar-refractivity contribution in [3.05, 3.63) is 60.2 Å². The third-order valence-electron chi connectivity index (χ3n) is 3.30. The van der Waals surface area contributed by atoms with Crippen LogP contribution in [0.1, 0.15) is 11.5 Å². The highest BCUT2D eigenvalue weighted by atomic mass is 32.2. The summed E-state index contributed by atoms with van der Waals surface area (Å²) in [7, 11) is 0. The van der Waals surface area contributed by atoms with Crippen molar-refractivity contribution in [3.8, 4) is 6.07 Å². The Balaban J connectivity index is 1.70. The van der Waals surface area contributed by atoms with Crippen LogP contribution in [-0.2, 0) is 4.79 Å². The summed E-state index contributed by atoms with van der Waals surface area (Å²) in [6.45, 7) is 0. The first kappa shape index (κ1) is 14.4. The Bertz CT molecular complexity index is 803. The number of fused-ring (bicyclic) bond motifs is 1. The van der Waals surface area contributed by atoms with Crippen molar-refractivity contribution in [2.45, 2.75) is 11.1 Å². The molecule has 0 aliphatic carbocycles. The first-order valence-corrected chi connectivity index (χ1v) is 7.81. The number of Topliss-reactive ketones (excluding diaryl/α,β-unsaturated/α-hetero) is 1. The molecular formula is C17H13N3OS. The number of nitrogens with zero attached hydrogens (tertiary/aromatic N) is 2. The molecule has 0 fully saturated rings. The van der Waals surface area contributed by atoms with Gasteiger partial charge in [-0.25, -0.2) is 4.98 Å². The van der Waals surface area contributed by atoms with Gasteiger partial charge in [-0.05, 0) is 17.7 Å². The van der Waals surface area contributed by atoms with Crippen LogP contribution in [-0.4, -0.2) is 21.5 Å². The number of nitrogens with one attached hydrogen (secondary N) is 1. The minimum absolute atomic E-state index is 0.112. The lowest BCUT2D eigenvalue weighted by Crippen LogP contribution is -2.13. The van der Waals surface area contributed by atoms with Crippen LogP contribution >= 0.6 is 11.8 Å². The number of carbonyl (C=O) groups excluding carboxylic acids is 1. The third-order valence-corrected chi connectivity index (χ3v) is 4.20. The molecule has 1 atom stereocenters. The smallest absolute Gasteiger partial charge is 0.166 e. The molecule has 0 bridgehead atoms. The quantitative estimate of drug-likeness (QED) is 0.732. The van der Waals surface area contributed by atoms with Gasteiger partial charge in [0.1, 0.15) is 5.92 Å². The standard InChI is InChI=1S/C17H13N3OS/c18-10-13(12-6-2-1-3-7-12)16(21)11-22-17-19-14-8-4-5-9-15(14)20-17/h1-9,13H,11H2,(H,19,20). The molecular weight excluding hydrogens is 294 g/mol. The van der Waals surface area contributed by atoms with Gasteiger partial charge in [0, 0.05) is 0 Å². The Labute approximate surface area is 132 Å². The van der Waals surface area contributed by atoms with Crippen LogP contribution in [0.25, 0.3) is 11.0 Å². The van der Waals surface area contributed by atoms with Crippen molar-refractivity contribution in [2.24, 2.45) is 0 Å². The number of imidazole rings is 1. The van der Waals surface area contributed by atoms with E-state index in [0.717, 1.165) is 16.6 Å². The molecule has 3 aromatic rings. The normalized spacial score (nSPS) is 12.0. The zero-order chi connectivity index (χ0) is 15.4. The number of aromatic amines is 1. The van der Waals surface area contributed by atoms with Crippen LogP contribution in [0.2, 0.25) is 0 Å². The maximum absolute atomic E-state index is 12.3. The average molecular weight is 307 g/mol. The predicted molar refractivity (Wildman–Crippen MR) is 86.6 cm³/mol. The van der Waals surface area contributed by atoms with Gasteiger partial charge in [0.05, 0.1) is 22.9 Å². The topological polar surface area (TPSA) is 69.5 Å². The highest BCUT2D eigenvalue weighted by Gasteiger charge is 2.20. The van der Waals surface area contributed by atoms with Crippen LogP contribution in [0.5, 0.6) is 0 Å². The number of nitriles is 1. The molecule has 0 saturated heterocycles. The van der Waals surface area contributed by atoms with Gasteiger partial charge in [-0.2, -0.15) is 5.26 Å². The maximum Gasteiger partial charge on any atom is 0.166 e. The van der Waals surface area contributed by atoms with Crippen molar-refractivity contribution in [2.75, 3.05) is 5.75 Å². The molecule has 1 heterocycles. The molecule has 1 aromatic heterocycles. The molecule has 1 N–H and O–H groups in total. The summed E-state index contributed by atoms with van der Waals surface area (Å²) < 4.78 is 0. The van der Waals surface area contributed by atoms with Gasteiger partial charge < -0.3 is 4.98 Å². The monoisotopic (exact) mass is 307 g/mol. The van der Waals surface area contributed by atoms with Gasteiger partial charge in [-0.3, -0.25) is 4.79 Å². The largest absolute Gasteiger partial charge is 0.333 e. The van der Waals surface area contributed by atoms with E-state index in [1.165, 1.54) is 11.8 Å². The number of hydrogen-bond donors (Lipinski definition) is 1. The fraction of sp³-hybridized carbons (Fsp3) is 0.118. The number of hydrogen-bond acceptors (Lipinski definition) is 4. The van der Waals surface area contributed by atoms with Crippen LogP contribution in [0.4, 0.5) is 0 Å². The molecule has 0 radical (unpaired) electrons. The molecule has 5 heteroatoms. The third kappa shape index (κ3) is 3.02. The van der Waals surface area contributed by atoms with E-state index in [-0.39, 0.29) is 11.5 Å². The fourth-order valence-electron chi connectivity index (χ4n) is 2.20. The molecule has 4 nitrogen and oxygen atoms in total. The van der Waals surface area contributed by atoms with Crippen molar-refractivity contribution in [3.63, 3.8) is 0 Å². The SMILES string of the molecule is N#CC(C(=O)CSc1nc2ccccc2[nH]1)c1ccccc1. The Morgan fingerprint density at radius 1 is 1.18 bits per heavy atom. The van der Waals surface area contributed by atoms with Crippen LogP contribution < -0.4 is 0 Å². The molecule has 2 aromatic carbocycles. The molecule has 0 aliphatic rings. The number of carbonyl (C=O) groups is 1. The predicted octanol–water partition coefficient (Wildman–Crippen LogP) is 3.53. The van der Waals surface area contributed by atoms with Crippen LogP contribution in [0.3, 0.4) is 0 Å². The van der Waals surface area contributed by atoms with E-state index in [0.29, 0.717) is 5.16 Å². The van der Waals surface area contributed by atoms with Gasteiger partial charge in [-0.1, -0.05) is 54.2 Å². The van der Waals surface area contributed by atoms with E-state index < -0.39 is 5.92 Å². The zero-order valence-corrected chi connectivity index (χ0v) is 12.5. The summed E-state index contributed by atoms with van der Waals surface area (Å²) in [6, 6.07) is 18.9. The highest BCUT2D eigenvalue weighted by molar-refractivity contribution is 7.99. The Hall–Kier alpha value is -2.58.